The van der Waals surface area contributed by atoms with Gasteiger partial charge in [0.05, 0.1) is 28.1 Å². The SMILES string of the molecule is CCc1cccc2c3cccc(CC)c3n(-c3ccnc(-n4c5[c-]c(Oc6[c-]c(-n7nc(C)c(-c8ccccc8)c7C(C)(C)C)ccc6)ccc5c5ccccc54)c3)c12.[Pt+2]. The molecule has 10 aromatic rings. The van der Waals surface area contributed by atoms with Gasteiger partial charge in [-0.05, 0) is 59.7 Å². The number of fused-ring (bicyclic) bond motifs is 6. The Bertz CT molecular complexity index is 3160. The normalized spacial score (nSPS) is 11.8. The Hall–Kier alpha value is -6.23. The smallest absolute Gasteiger partial charge is 0.509 e. The quantitative estimate of drug-likeness (QED) is 0.143. The van der Waals surface area contributed by atoms with Crippen molar-refractivity contribution in [3.8, 4) is 39.8 Å². The zero-order chi connectivity index (χ0) is 40.4. The van der Waals surface area contributed by atoms with Gasteiger partial charge in [-0.3, -0.25) is 4.68 Å². The van der Waals surface area contributed by atoms with Crippen molar-refractivity contribution in [2.24, 2.45) is 0 Å². The molecule has 0 unspecified atom stereocenters. The molecular weight excluding hydrogens is 918 g/mol. The van der Waals surface area contributed by atoms with Crippen LogP contribution < -0.4 is 4.74 Å². The third-order valence-corrected chi connectivity index (χ3v) is 11.5. The summed E-state index contributed by atoms with van der Waals surface area (Å²) in [4.78, 5) is 5.03. The summed E-state index contributed by atoms with van der Waals surface area (Å²) < 4.78 is 13.3. The maximum absolute atomic E-state index is 6.62. The molecule has 0 radical (unpaired) electrons. The molecule has 6 aromatic carbocycles. The molecule has 60 heavy (non-hydrogen) atoms. The first-order valence-corrected chi connectivity index (χ1v) is 20.6. The van der Waals surface area contributed by atoms with Crippen LogP contribution in [0.1, 0.15) is 57.1 Å². The molecule has 0 aliphatic rings. The Morgan fingerprint density at radius 3 is 1.98 bits per heavy atom. The minimum absolute atomic E-state index is 0. The fourth-order valence-corrected chi connectivity index (χ4v) is 9.01. The summed E-state index contributed by atoms with van der Waals surface area (Å²) in [5.41, 5.74) is 13.2. The maximum atomic E-state index is 6.62. The van der Waals surface area contributed by atoms with Crippen molar-refractivity contribution in [3.05, 3.63) is 174 Å². The molecule has 4 aromatic heterocycles. The molecule has 0 spiro atoms. The van der Waals surface area contributed by atoms with Gasteiger partial charge >= 0.3 is 21.1 Å². The van der Waals surface area contributed by atoms with E-state index in [-0.39, 0.29) is 26.5 Å². The predicted molar refractivity (Wildman–Crippen MR) is 242 cm³/mol. The second-order valence-electron chi connectivity index (χ2n) is 16.3. The Morgan fingerprint density at radius 1 is 0.633 bits per heavy atom. The van der Waals surface area contributed by atoms with Gasteiger partial charge in [0.2, 0.25) is 0 Å². The van der Waals surface area contributed by atoms with E-state index in [9.17, 15) is 0 Å². The Morgan fingerprint density at radius 2 is 1.28 bits per heavy atom. The largest absolute Gasteiger partial charge is 2.00 e. The first-order valence-electron chi connectivity index (χ1n) is 20.6. The summed E-state index contributed by atoms with van der Waals surface area (Å²) >= 11 is 0. The molecule has 6 nitrogen and oxygen atoms in total. The second kappa shape index (κ2) is 15.4. The van der Waals surface area contributed by atoms with Gasteiger partial charge in [-0.1, -0.05) is 125 Å². The molecule has 0 N–H and O–H groups in total. The van der Waals surface area contributed by atoms with E-state index in [1.54, 1.807) is 0 Å². The number of para-hydroxylation sites is 3. The van der Waals surface area contributed by atoms with Crippen LogP contribution in [0.2, 0.25) is 0 Å². The van der Waals surface area contributed by atoms with Crippen LogP contribution in [0.15, 0.2) is 140 Å². The van der Waals surface area contributed by atoms with Gasteiger partial charge in [0.15, 0.2) is 0 Å². The van der Waals surface area contributed by atoms with Gasteiger partial charge in [0.25, 0.3) is 0 Å². The average Bonchev–Trinajstić information content (AvgIpc) is 3.91. The van der Waals surface area contributed by atoms with Crippen LogP contribution in [0, 0.1) is 19.1 Å². The van der Waals surface area contributed by atoms with E-state index >= 15 is 0 Å². The Balaban J connectivity index is 0.00000462. The van der Waals surface area contributed by atoms with Crippen LogP contribution in [0.25, 0.3) is 71.9 Å². The fraction of sp³-hybridized carbons (Fsp3) is 0.170. The van der Waals surface area contributed by atoms with Crippen molar-refractivity contribution >= 4 is 43.6 Å². The van der Waals surface area contributed by atoms with Gasteiger partial charge in [-0.2, -0.15) is 17.2 Å². The number of rotatable bonds is 8. The third-order valence-electron chi connectivity index (χ3n) is 11.5. The van der Waals surface area contributed by atoms with E-state index < -0.39 is 0 Å². The van der Waals surface area contributed by atoms with Gasteiger partial charge < -0.3 is 13.9 Å². The van der Waals surface area contributed by atoms with Gasteiger partial charge in [-0.25, -0.2) is 4.98 Å². The number of hydrogen-bond acceptors (Lipinski definition) is 3. The zero-order valence-corrected chi connectivity index (χ0v) is 36.9. The van der Waals surface area contributed by atoms with Gasteiger partial charge in [0.1, 0.15) is 5.82 Å². The molecular formula is C53H45N5OPt. The number of benzene rings is 6. The number of aryl methyl sites for hydroxylation is 3. The van der Waals surface area contributed by atoms with Crippen molar-refractivity contribution in [1.82, 2.24) is 23.9 Å². The summed E-state index contributed by atoms with van der Waals surface area (Å²) in [7, 11) is 0. The number of ether oxygens (including phenoxy) is 1. The summed E-state index contributed by atoms with van der Waals surface area (Å²) in [5, 5.41) is 9.82. The van der Waals surface area contributed by atoms with Crippen LogP contribution >= 0.6 is 0 Å². The number of pyridine rings is 1. The second-order valence-corrected chi connectivity index (χ2v) is 16.3. The van der Waals surface area contributed by atoms with Crippen molar-refractivity contribution in [2.75, 3.05) is 0 Å². The van der Waals surface area contributed by atoms with Gasteiger partial charge in [0, 0.05) is 51.0 Å². The maximum Gasteiger partial charge on any atom is 2.00 e. The number of nitrogens with zero attached hydrogens (tertiary/aromatic N) is 5. The predicted octanol–water partition coefficient (Wildman–Crippen LogP) is 13.2. The number of aromatic nitrogens is 5. The summed E-state index contributed by atoms with van der Waals surface area (Å²) in [6.45, 7) is 13.2. The monoisotopic (exact) mass is 962 g/mol. The van der Waals surface area contributed by atoms with Crippen molar-refractivity contribution < 1.29 is 25.8 Å². The molecule has 0 atom stereocenters. The molecule has 0 amide bonds. The minimum Gasteiger partial charge on any atom is -0.509 e. The fourth-order valence-electron chi connectivity index (χ4n) is 9.01. The molecule has 0 fully saturated rings. The molecule has 298 valence electrons. The Labute approximate surface area is 365 Å². The summed E-state index contributed by atoms with van der Waals surface area (Å²) in [5.74, 6) is 1.98. The summed E-state index contributed by atoms with van der Waals surface area (Å²) in [6, 6.07) is 54.0. The first-order chi connectivity index (χ1) is 28.7. The van der Waals surface area contributed by atoms with E-state index in [0.29, 0.717) is 11.5 Å². The minimum atomic E-state index is -0.188. The Kier molecular flexibility index (Phi) is 10.1. The van der Waals surface area contributed by atoms with E-state index in [1.807, 2.05) is 41.2 Å². The van der Waals surface area contributed by atoms with Crippen molar-refractivity contribution in [1.29, 1.82) is 0 Å². The van der Waals surface area contributed by atoms with Crippen molar-refractivity contribution in [2.45, 2.75) is 59.8 Å². The van der Waals surface area contributed by atoms with Crippen LogP contribution in [0.4, 0.5) is 0 Å². The molecule has 0 aliphatic carbocycles. The van der Waals surface area contributed by atoms with Crippen LogP contribution in [0.5, 0.6) is 11.5 Å². The average molecular weight is 963 g/mol. The summed E-state index contributed by atoms with van der Waals surface area (Å²) in [6.07, 6.45) is 3.80. The third kappa shape index (κ3) is 6.46. The molecule has 7 heteroatoms. The molecule has 0 bridgehead atoms. The van der Waals surface area contributed by atoms with Crippen molar-refractivity contribution in [3.63, 3.8) is 0 Å². The molecule has 10 rings (SSSR count). The standard InChI is InChI=1S/C53H45N5O.Pt/c1-7-35-19-14-24-44-45-25-15-20-36(8-2)51(45)56(50(35)44)38-29-30-54-48(32-38)57-46-26-13-12-23-42(46)43-28-27-41(33-47(43)57)59-40-22-16-21-39(31-40)58-52(53(4,5)6)49(34(3)55-58)37-17-10-9-11-18-37;/h9-30,32H,7-8H2,1-6H3;/q-2;+2. The molecule has 0 saturated heterocycles. The van der Waals surface area contributed by atoms with Gasteiger partial charge in [-0.15, -0.1) is 35.7 Å². The van der Waals surface area contributed by atoms with E-state index in [4.69, 9.17) is 14.8 Å². The van der Waals surface area contributed by atoms with Crippen LogP contribution in [-0.4, -0.2) is 23.9 Å². The molecule has 0 saturated carbocycles. The van der Waals surface area contributed by atoms with E-state index in [1.165, 1.54) is 32.9 Å². The van der Waals surface area contributed by atoms with Crippen LogP contribution in [-0.2, 0) is 39.3 Å². The molecule has 0 aliphatic heterocycles. The zero-order valence-electron chi connectivity index (χ0n) is 34.7. The molecule has 4 heterocycles. The van der Waals surface area contributed by atoms with E-state index in [0.717, 1.165) is 74.4 Å². The number of hydrogen-bond donors (Lipinski definition) is 0. The van der Waals surface area contributed by atoms with E-state index in [2.05, 4.69) is 166 Å². The van der Waals surface area contributed by atoms with Crippen LogP contribution in [0.3, 0.4) is 0 Å². The topological polar surface area (TPSA) is 49.8 Å². The first kappa shape index (κ1) is 39.2.